The van der Waals surface area contributed by atoms with Crippen LogP contribution in [0.1, 0.15) is 12.0 Å². The van der Waals surface area contributed by atoms with Gasteiger partial charge in [-0.15, -0.1) is 0 Å². The van der Waals surface area contributed by atoms with E-state index >= 15 is 0 Å². The van der Waals surface area contributed by atoms with Crippen LogP contribution in [0, 0.1) is 0 Å². The van der Waals surface area contributed by atoms with Crippen molar-refractivity contribution in [1.82, 2.24) is 4.90 Å². The van der Waals surface area contributed by atoms with Crippen LogP contribution in [0.25, 0.3) is 0 Å². The van der Waals surface area contributed by atoms with Crippen molar-refractivity contribution < 1.29 is 19.0 Å². The Morgan fingerprint density at radius 3 is 2.58 bits per heavy atom. The first-order valence-electron chi connectivity index (χ1n) is 6.16. The van der Waals surface area contributed by atoms with Gasteiger partial charge < -0.3 is 29.7 Å². The molecule has 0 radical (unpaired) electrons. The van der Waals surface area contributed by atoms with Crippen LogP contribution in [0.3, 0.4) is 0 Å². The summed E-state index contributed by atoms with van der Waals surface area (Å²) in [6.07, 6.45) is 0.445. The van der Waals surface area contributed by atoms with E-state index in [-0.39, 0.29) is 17.5 Å². The Hall–Kier alpha value is -1.08. The Morgan fingerprint density at radius 1 is 1.37 bits per heavy atom. The minimum absolute atomic E-state index is 0.00836. The predicted molar refractivity (Wildman–Crippen MR) is 71.4 cm³/mol. The molecule has 6 heteroatoms. The minimum Gasteiger partial charge on any atom is -0.800 e. The lowest BCUT2D eigenvalue weighted by Gasteiger charge is -2.57. The number of amides is 1. The second-order valence-corrected chi connectivity index (χ2v) is 6.95. The second kappa shape index (κ2) is 5.92. The SMILES string of the molecule is O=C(CO)N(Cc1ccccc1)C1CCS([O-])([O-])C1. The van der Waals surface area contributed by atoms with Gasteiger partial charge in [0, 0.05) is 12.6 Å². The molecule has 2 rings (SSSR count). The highest BCUT2D eigenvalue weighted by molar-refractivity contribution is 8.24. The van der Waals surface area contributed by atoms with E-state index in [1.165, 1.54) is 4.90 Å². The summed E-state index contributed by atoms with van der Waals surface area (Å²) in [7, 11) is -3.05. The molecule has 0 aromatic heterocycles. The topological polar surface area (TPSA) is 86.7 Å². The van der Waals surface area contributed by atoms with Crippen LogP contribution in [-0.4, -0.2) is 49.2 Å². The fraction of sp³-hybridized carbons (Fsp3) is 0.462. The number of carbonyl (C=O) groups excluding carboxylic acids is 1. The van der Waals surface area contributed by atoms with Crippen LogP contribution in [0.4, 0.5) is 0 Å². The van der Waals surface area contributed by atoms with Gasteiger partial charge in [0.2, 0.25) is 5.91 Å². The van der Waals surface area contributed by atoms with Gasteiger partial charge in [-0.1, -0.05) is 30.3 Å². The third-order valence-corrected chi connectivity index (χ3v) is 5.05. The number of rotatable bonds is 4. The number of hydrogen-bond donors (Lipinski definition) is 1. The van der Waals surface area contributed by atoms with E-state index < -0.39 is 23.1 Å². The summed E-state index contributed by atoms with van der Waals surface area (Å²) in [6, 6.07) is 9.03. The Balaban J connectivity index is 2.11. The number of benzene rings is 1. The van der Waals surface area contributed by atoms with E-state index in [1.807, 2.05) is 30.3 Å². The highest BCUT2D eigenvalue weighted by atomic mass is 32.3. The average molecular weight is 283 g/mol. The Labute approximate surface area is 114 Å². The van der Waals surface area contributed by atoms with Crippen molar-refractivity contribution in [2.24, 2.45) is 0 Å². The monoisotopic (exact) mass is 283 g/mol. The molecule has 1 aliphatic rings. The summed E-state index contributed by atoms with van der Waals surface area (Å²) in [5, 5.41) is 9.03. The summed E-state index contributed by atoms with van der Waals surface area (Å²) < 4.78 is 23.0. The molecule has 1 aromatic carbocycles. The molecule has 1 aromatic rings. The lowest BCUT2D eigenvalue weighted by molar-refractivity contribution is -0.136. The molecule has 0 aliphatic carbocycles. The maximum Gasteiger partial charge on any atom is 0.248 e. The smallest absolute Gasteiger partial charge is 0.248 e. The lowest BCUT2D eigenvalue weighted by atomic mass is 10.1. The van der Waals surface area contributed by atoms with Gasteiger partial charge in [-0.05, 0) is 23.5 Å². The Bertz CT molecular complexity index is 438. The van der Waals surface area contributed by atoms with Crippen molar-refractivity contribution in [2.75, 3.05) is 18.1 Å². The molecule has 1 atom stereocenters. The first-order chi connectivity index (χ1) is 9.02. The van der Waals surface area contributed by atoms with Gasteiger partial charge in [-0.3, -0.25) is 4.79 Å². The molecule has 0 bridgehead atoms. The number of hydrogen-bond acceptors (Lipinski definition) is 4. The molecular formula is C13H17NO4S-2. The number of carbonyl (C=O) groups is 1. The summed E-state index contributed by atoms with van der Waals surface area (Å²) in [5.41, 5.74) is 0.925. The second-order valence-electron chi connectivity index (χ2n) is 4.72. The maximum absolute atomic E-state index is 11.8. The minimum atomic E-state index is -3.05. The summed E-state index contributed by atoms with van der Waals surface area (Å²) in [6.45, 7) is -0.260. The fourth-order valence-corrected chi connectivity index (χ4v) is 4.04. The molecule has 1 amide bonds. The van der Waals surface area contributed by atoms with E-state index in [2.05, 4.69) is 0 Å². The molecule has 19 heavy (non-hydrogen) atoms. The molecule has 1 saturated heterocycles. The Morgan fingerprint density at radius 2 is 2.05 bits per heavy atom. The lowest BCUT2D eigenvalue weighted by Crippen LogP contribution is -2.41. The van der Waals surface area contributed by atoms with Crippen molar-refractivity contribution in [1.29, 1.82) is 0 Å². The molecular weight excluding hydrogens is 266 g/mol. The molecule has 1 fully saturated rings. The standard InChI is InChI=1S/C13H19NO4S/c15-9-13(16)14(8-11-4-2-1-3-5-11)12-6-7-19(17,18)10-12/h1-5,12,15,17-18H,6-10H2/p-2. The first kappa shape index (κ1) is 14.3. The van der Waals surface area contributed by atoms with Gasteiger partial charge in [0.1, 0.15) is 6.61 Å². The third-order valence-electron chi connectivity index (χ3n) is 3.30. The maximum atomic E-state index is 11.8. The number of aliphatic hydroxyl groups is 1. The molecule has 0 spiro atoms. The molecule has 106 valence electrons. The van der Waals surface area contributed by atoms with Crippen molar-refractivity contribution in [3.8, 4) is 0 Å². The van der Waals surface area contributed by atoms with Gasteiger partial charge in [-0.25, -0.2) is 0 Å². The molecule has 0 saturated carbocycles. The van der Waals surface area contributed by atoms with Crippen molar-refractivity contribution in [3.63, 3.8) is 0 Å². The van der Waals surface area contributed by atoms with Crippen LogP contribution in [0.5, 0.6) is 0 Å². The zero-order valence-corrected chi connectivity index (χ0v) is 11.3. The zero-order valence-electron chi connectivity index (χ0n) is 10.5. The highest BCUT2D eigenvalue weighted by Gasteiger charge is 2.27. The first-order valence-corrected chi connectivity index (χ1v) is 7.98. The van der Waals surface area contributed by atoms with Crippen LogP contribution < -0.4 is 0 Å². The summed E-state index contributed by atoms with van der Waals surface area (Å²) in [4.78, 5) is 13.3. The number of aliphatic hydroxyl groups excluding tert-OH is 1. The fourth-order valence-electron chi connectivity index (χ4n) is 2.31. The van der Waals surface area contributed by atoms with Crippen LogP contribution in [-0.2, 0) is 11.3 Å². The van der Waals surface area contributed by atoms with Crippen LogP contribution in [0.2, 0.25) is 0 Å². The highest BCUT2D eigenvalue weighted by Crippen LogP contribution is 2.46. The van der Waals surface area contributed by atoms with Gasteiger partial charge in [-0.2, -0.15) is 0 Å². The number of sulfone groups is 1. The van der Waals surface area contributed by atoms with Crippen molar-refractivity contribution >= 4 is 16.5 Å². The van der Waals surface area contributed by atoms with Gasteiger partial charge in [0.15, 0.2) is 0 Å². The van der Waals surface area contributed by atoms with E-state index in [0.29, 0.717) is 13.0 Å². The van der Waals surface area contributed by atoms with Crippen LogP contribution >= 0.6 is 10.6 Å². The average Bonchev–Trinajstić information content (AvgIpc) is 2.76. The van der Waals surface area contributed by atoms with Gasteiger partial charge in [0.05, 0.1) is 0 Å². The molecule has 1 N–H and O–H groups in total. The van der Waals surface area contributed by atoms with Crippen LogP contribution in [0.15, 0.2) is 30.3 Å². The third kappa shape index (κ3) is 3.70. The predicted octanol–water partition coefficient (Wildman–Crippen LogP) is 0.845. The zero-order chi connectivity index (χ0) is 13.9. The molecule has 1 unspecified atom stereocenters. The van der Waals surface area contributed by atoms with Crippen molar-refractivity contribution in [2.45, 2.75) is 19.0 Å². The van der Waals surface area contributed by atoms with Crippen molar-refractivity contribution in [3.05, 3.63) is 35.9 Å². The van der Waals surface area contributed by atoms with E-state index in [0.717, 1.165) is 5.56 Å². The number of nitrogens with zero attached hydrogens (tertiary/aromatic N) is 1. The molecule has 1 heterocycles. The molecule has 5 nitrogen and oxygen atoms in total. The van der Waals surface area contributed by atoms with E-state index in [4.69, 9.17) is 5.11 Å². The van der Waals surface area contributed by atoms with Gasteiger partial charge >= 0.3 is 0 Å². The molecule has 1 aliphatic heterocycles. The Kier molecular flexibility index (Phi) is 4.46. The largest absolute Gasteiger partial charge is 0.800 e. The summed E-state index contributed by atoms with van der Waals surface area (Å²) in [5.74, 6) is -0.321. The van der Waals surface area contributed by atoms with Gasteiger partial charge in [0.25, 0.3) is 0 Å². The van der Waals surface area contributed by atoms with E-state index in [1.54, 1.807) is 0 Å². The van der Waals surface area contributed by atoms with E-state index in [9.17, 15) is 13.9 Å². The quantitative estimate of drug-likeness (QED) is 0.887. The normalized spacial score (nSPS) is 23.0. The summed E-state index contributed by atoms with van der Waals surface area (Å²) >= 11 is 0.